The van der Waals surface area contributed by atoms with Gasteiger partial charge < -0.3 is 9.88 Å². The Bertz CT molecular complexity index is 1160. The standard InChI is InChI=1S/C21H28N6O2S/c1-15-19(18-7-5-6-8-20(18)22-15)13-17-14-21(24-16(2)23-17)26-9-11-27(12-10-26)30(28,29)25(3)4/h5-8,14,22H,9-13H2,1-4H3. The van der Waals surface area contributed by atoms with E-state index >= 15 is 0 Å². The summed E-state index contributed by atoms with van der Waals surface area (Å²) < 4.78 is 27.5. The summed E-state index contributed by atoms with van der Waals surface area (Å²) in [5.41, 5.74) is 4.50. The summed E-state index contributed by atoms with van der Waals surface area (Å²) in [6, 6.07) is 10.3. The lowest BCUT2D eigenvalue weighted by Gasteiger charge is -2.35. The fourth-order valence-electron chi connectivity index (χ4n) is 3.99. The molecule has 0 bridgehead atoms. The van der Waals surface area contributed by atoms with Crippen LogP contribution in [0.15, 0.2) is 30.3 Å². The molecule has 2 aromatic heterocycles. The van der Waals surface area contributed by atoms with E-state index < -0.39 is 10.2 Å². The van der Waals surface area contributed by atoms with Gasteiger partial charge in [-0.2, -0.15) is 17.0 Å². The SMILES string of the molecule is Cc1nc(Cc2c(C)[nH]c3ccccc23)cc(N2CCN(S(=O)(=O)N(C)C)CC2)n1. The first-order chi connectivity index (χ1) is 14.3. The van der Waals surface area contributed by atoms with Crippen LogP contribution < -0.4 is 4.90 Å². The van der Waals surface area contributed by atoms with Crippen LogP contribution in [0.1, 0.15) is 22.8 Å². The second-order valence-electron chi connectivity index (χ2n) is 7.89. The van der Waals surface area contributed by atoms with Crippen molar-refractivity contribution in [1.82, 2.24) is 23.6 Å². The molecule has 1 N–H and O–H groups in total. The minimum absolute atomic E-state index is 0.445. The third kappa shape index (κ3) is 3.92. The Morgan fingerprint density at radius 2 is 1.77 bits per heavy atom. The van der Waals surface area contributed by atoms with E-state index in [0.717, 1.165) is 35.0 Å². The summed E-state index contributed by atoms with van der Waals surface area (Å²) in [5.74, 6) is 1.58. The van der Waals surface area contributed by atoms with Gasteiger partial charge >= 0.3 is 0 Å². The molecule has 1 aromatic carbocycles. The van der Waals surface area contributed by atoms with E-state index in [1.165, 1.54) is 19.6 Å². The second-order valence-corrected chi connectivity index (χ2v) is 10.0. The average Bonchev–Trinajstić information content (AvgIpc) is 3.03. The predicted molar refractivity (Wildman–Crippen MR) is 119 cm³/mol. The molecule has 0 saturated carbocycles. The van der Waals surface area contributed by atoms with E-state index in [2.05, 4.69) is 45.0 Å². The summed E-state index contributed by atoms with van der Waals surface area (Å²) in [4.78, 5) is 14.9. The molecule has 1 aliphatic heterocycles. The number of nitrogens with zero attached hydrogens (tertiary/aromatic N) is 5. The highest BCUT2D eigenvalue weighted by Gasteiger charge is 2.29. The van der Waals surface area contributed by atoms with E-state index in [1.54, 1.807) is 14.1 Å². The number of para-hydroxylation sites is 1. The van der Waals surface area contributed by atoms with Crippen LogP contribution in [0.3, 0.4) is 0 Å². The Balaban J connectivity index is 1.55. The molecule has 4 rings (SSSR count). The highest BCUT2D eigenvalue weighted by atomic mass is 32.2. The lowest BCUT2D eigenvalue weighted by Crippen LogP contribution is -2.52. The molecule has 0 radical (unpaired) electrons. The van der Waals surface area contributed by atoms with E-state index in [4.69, 9.17) is 0 Å². The van der Waals surface area contributed by atoms with Crippen molar-refractivity contribution in [1.29, 1.82) is 0 Å². The fraction of sp³-hybridized carbons (Fsp3) is 0.429. The minimum Gasteiger partial charge on any atom is -0.358 e. The number of aromatic amines is 1. The van der Waals surface area contributed by atoms with Crippen molar-refractivity contribution >= 4 is 26.9 Å². The maximum absolute atomic E-state index is 12.4. The molecule has 1 aliphatic rings. The number of aromatic nitrogens is 3. The maximum atomic E-state index is 12.4. The van der Waals surface area contributed by atoms with Crippen LogP contribution in [0, 0.1) is 13.8 Å². The first-order valence-corrected chi connectivity index (χ1v) is 11.5. The maximum Gasteiger partial charge on any atom is 0.281 e. The molecule has 160 valence electrons. The molecule has 9 heteroatoms. The number of piperazine rings is 1. The number of hydrogen-bond donors (Lipinski definition) is 1. The Labute approximate surface area is 177 Å². The van der Waals surface area contributed by atoms with Gasteiger partial charge in [0.2, 0.25) is 0 Å². The number of nitrogens with one attached hydrogen (secondary N) is 1. The summed E-state index contributed by atoms with van der Waals surface area (Å²) in [7, 11) is -0.250. The zero-order valence-electron chi connectivity index (χ0n) is 17.9. The van der Waals surface area contributed by atoms with Crippen molar-refractivity contribution in [3.05, 3.63) is 53.1 Å². The highest BCUT2D eigenvalue weighted by molar-refractivity contribution is 7.86. The van der Waals surface area contributed by atoms with Gasteiger partial charge in [0.1, 0.15) is 11.6 Å². The molecule has 3 aromatic rings. The average molecular weight is 429 g/mol. The fourth-order valence-corrected chi connectivity index (χ4v) is 5.07. The largest absolute Gasteiger partial charge is 0.358 e. The first kappa shape index (κ1) is 20.8. The van der Waals surface area contributed by atoms with Crippen molar-refractivity contribution in [3.8, 4) is 0 Å². The van der Waals surface area contributed by atoms with Crippen molar-refractivity contribution in [2.24, 2.45) is 0 Å². The highest BCUT2D eigenvalue weighted by Crippen LogP contribution is 2.25. The number of H-pyrrole nitrogens is 1. The number of aryl methyl sites for hydroxylation is 2. The summed E-state index contributed by atoms with van der Waals surface area (Å²) in [5, 5.41) is 1.22. The number of rotatable bonds is 5. The Morgan fingerprint density at radius 3 is 2.47 bits per heavy atom. The van der Waals surface area contributed by atoms with Crippen molar-refractivity contribution < 1.29 is 8.42 Å². The lowest BCUT2D eigenvalue weighted by atomic mass is 10.1. The molecule has 30 heavy (non-hydrogen) atoms. The van der Waals surface area contributed by atoms with E-state index in [1.807, 2.05) is 19.1 Å². The van der Waals surface area contributed by atoms with Crippen molar-refractivity contribution in [2.75, 3.05) is 45.2 Å². The number of fused-ring (bicyclic) bond motifs is 1. The van der Waals surface area contributed by atoms with Gasteiger partial charge in [-0.25, -0.2) is 9.97 Å². The molecule has 0 spiro atoms. The number of anilines is 1. The van der Waals surface area contributed by atoms with E-state index in [-0.39, 0.29) is 0 Å². The van der Waals surface area contributed by atoms with Crippen molar-refractivity contribution in [2.45, 2.75) is 20.3 Å². The first-order valence-electron chi connectivity index (χ1n) is 10.1. The summed E-state index contributed by atoms with van der Waals surface area (Å²) in [6.07, 6.45) is 0.723. The van der Waals surface area contributed by atoms with Crippen LogP contribution in [-0.2, 0) is 16.6 Å². The quantitative estimate of drug-likeness (QED) is 0.673. The monoisotopic (exact) mass is 428 g/mol. The van der Waals surface area contributed by atoms with Gasteiger partial charge in [0.25, 0.3) is 10.2 Å². The molecular formula is C21H28N6O2S. The normalized spacial score (nSPS) is 16.0. The van der Waals surface area contributed by atoms with Crippen LogP contribution in [0.4, 0.5) is 5.82 Å². The van der Waals surface area contributed by atoms with E-state index in [0.29, 0.717) is 26.2 Å². The van der Waals surface area contributed by atoms with Crippen LogP contribution in [-0.4, -0.2) is 72.3 Å². The molecule has 0 atom stereocenters. The molecule has 0 amide bonds. The van der Waals surface area contributed by atoms with Gasteiger partial charge in [-0.1, -0.05) is 18.2 Å². The van der Waals surface area contributed by atoms with Crippen LogP contribution in [0.2, 0.25) is 0 Å². The van der Waals surface area contributed by atoms with Gasteiger partial charge in [-0.3, -0.25) is 0 Å². The topological polar surface area (TPSA) is 85.4 Å². The van der Waals surface area contributed by atoms with Crippen molar-refractivity contribution in [3.63, 3.8) is 0 Å². The molecule has 1 fully saturated rings. The Hall–Kier alpha value is -2.49. The zero-order valence-corrected chi connectivity index (χ0v) is 18.7. The van der Waals surface area contributed by atoms with Crippen LogP contribution >= 0.6 is 0 Å². The lowest BCUT2D eigenvalue weighted by molar-refractivity contribution is 0.355. The number of hydrogen-bond acceptors (Lipinski definition) is 5. The summed E-state index contributed by atoms with van der Waals surface area (Å²) in [6.45, 7) is 6.10. The van der Waals surface area contributed by atoms with Crippen LogP contribution in [0.5, 0.6) is 0 Å². The molecule has 8 nitrogen and oxygen atoms in total. The zero-order chi connectivity index (χ0) is 21.5. The van der Waals surface area contributed by atoms with Gasteiger partial charge in [0.15, 0.2) is 0 Å². The second kappa shape index (κ2) is 7.98. The van der Waals surface area contributed by atoms with Crippen LogP contribution in [0.25, 0.3) is 10.9 Å². The molecule has 0 aliphatic carbocycles. The molecule has 3 heterocycles. The van der Waals surface area contributed by atoms with Gasteiger partial charge in [-0.05, 0) is 25.5 Å². The summed E-state index contributed by atoms with van der Waals surface area (Å²) >= 11 is 0. The smallest absolute Gasteiger partial charge is 0.281 e. The van der Waals surface area contributed by atoms with Gasteiger partial charge in [-0.15, -0.1) is 0 Å². The third-order valence-electron chi connectivity index (χ3n) is 5.61. The third-order valence-corrected chi connectivity index (χ3v) is 7.55. The Kier molecular flexibility index (Phi) is 5.52. The van der Waals surface area contributed by atoms with Gasteiger partial charge in [0.05, 0.1) is 5.69 Å². The van der Waals surface area contributed by atoms with E-state index in [9.17, 15) is 8.42 Å². The number of benzene rings is 1. The molecule has 0 unspecified atom stereocenters. The predicted octanol–water partition coefficient (Wildman–Crippen LogP) is 2.09. The molecular weight excluding hydrogens is 400 g/mol. The minimum atomic E-state index is -3.38. The Morgan fingerprint density at radius 1 is 1.07 bits per heavy atom. The van der Waals surface area contributed by atoms with Gasteiger partial charge in [0, 0.05) is 69.4 Å². The molecule has 1 saturated heterocycles.